The predicted octanol–water partition coefficient (Wildman–Crippen LogP) is 4.96. The third kappa shape index (κ3) is 5.17. The van der Waals surface area contributed by atoms with Crippen molar-refractivity contribution in [2.45, 2.75) is 41.0 Å². The molecule has 1 aromatic rings. The summed E-state index contributed by atoms with van der Waals surface area (Å²) in [6.07, 6.45) is 3.17. The number of rotatable bonds is 2. The first-order valence-corrected chi connectivity index (χ1v) is 5.77. The lowest BCUT2D eigenvalue weighted by atomic mass is 10.0. The number of aromatic hydroxyl groups is 1. The Labute approximate surface area is 107 Å². The van der Waals surface area contributed by atoms with Crippen LogP contribution >= 0.6 is 0 Å². The Morgan fingerprint density at radius 3 is 2.28 bits per heavy atom. The van der Waals surface area contributed by atoms with Gasteiger partial charge in [0.05, 0.1) is 0 Å². The molecule has 0 amide bonds. The van der Waals surface area contributed by atoms with Crippen LogP contribution in [-0.2, 0) is 0 Å². The molecule has 18 heavy (non-hydrogen) atoms. The topological polar surface area (TPSA) is 29.5 Å². The van der Waals surface area contributed by atoms with Crippen LogP contribution in [0.1, 0.15) is 45.2 Å². The van der Waals surface area contributed by atoms with E-state index in [0.29, 0.717) is 0 Å². The summed E-state index contributed by atoms with van der Waals surface area (Å²) in [6, 6.07) is 2.97. The molecule has 1 aromatic carbocycles. The molecule has 4 heteroatoms. The van der Waals surface area contributed by atoms with Crippen LogP contribution in [0.2, 0.25) is 0 Å². The Balaban J connectivity index is 0. The van der Waals surface area contributed by atoms with Gasteiger partial charge in [-0.25, -0.2) is 0 Å². The zero-order valence-corrected chi connectivity index (χ0v) is 11.6. The van der Waals surface area contributed by atoms with Gasteiger partial charge in [0.1, 0.15) is 0 Å². The van der Waals surface area contributed by atoms with Gasteiger partial charge < -0.3 is 5.11 Å². The average molecular weight is 260 g/mol. The van der Waals surface area contributed by atoms with E-state index in [0.717, 1.165) is 16.7 Å². The Hall–Kier alpha value is -1.58. The van der Waals surface area contributed by atoms with Crippen molar-refractivity contribution in [1.82, 2.24) is 0 Å². The Bertz CT molecular complexity index is 388. The molecule has 0 fully saturated rings. The van der Waals surface area contributed by atoms with E-state index in [-0.39, 0.29) is 16.2 Å². The first kappa shape index (κ1) is 18.8. The Kier molecular flexibility index (Phi) is 9.86. The van der Waals surface area contributed by atoms with E-state index >= 15 is 0 Å². The van der Waals surface area contributed by atoms with Gasteiger partial charge in [0.25, 0.3) is 0 Å². The largest absolute Gasteiger partial charge is 0.504 e. The number of phenolic OH excluding ortho intramolecular Hbond substituents is 1. The van der Waals surface area contributed by atoms with Crippen molar-refractivity contribution < 1.29 is 19.3 Å². The normalized spacial score (nSPS) is 10.0. The van der Waals surface area contributed by atoms with Gasteiger partial charge in [-0.3, -0.25) is 9.65 Å². The molecule has 0 aliphatic carbocycles. The maximum absolute atomic E-state index is 12.0. The summed E-state index contributed by atoms with van der Waals surface area (Å²) in [5.74, 6) is -0.329. The molecule has 0 bridgehead atoms. The molecule has 0 aromatic heterocycles. The zero-order valence-electron chi connectivity index (χ0n) is 11.6. The quantitative estimate of drug-likeness (QED) is 0.814. The van der Waals surface area contributed by atoms with Crippen molar-refractivity contribution >= 4 is 5.57 Å². The van der Waals surface area contributed by atoms with Crippen LogP contribution in [0.4, 0.5) is 9.23 Å². The van der Waals surface area contributed by atoms with Crippen molar-refractivity contribution in [3.63, 3.8) is 0 Å². The number of hydrogen-bond acceptors (Lipinski definition) is 2. The van der Waals surface area contributed by atoms with Crippen molar-refractivity contribution in [1.29, 1.82) is 0 Å². The molecule has 0 spiro atoms. The second-order valence-electron chi connectivity index (χ2n) is 3.89. The van der Waals surface area contributed by atoms with Gasteiger partial charge in [-0.1, -0.05) is 26.3 Å². The van der Waals surface area contributed by atoms with Crippen LogP contribution in [0, 0.1) is 6.92 Å². The maximum Gasteiger partial charge on any atom is 0.214 e. The summed E-state index contributed by atoms with van der Waals surface area (Å²) in [6.45, 7) is 9.92. The molecule has 0 aliphatic heterocycles. The molecule has 2 nitrogen and oxygen atoms in total. The Morgan fingerprint density at radius 2 is 1.89 bits per heavy atom. The fourth-order valence-electron chi connectivity index (χ4n) is 1.31. The standard InChI is InChI=1S/C11H13FO2.C3H8.FH/c1-4-7(2)9-6-11(14-12)10(13)5-8(9)3;1-3-2;/h4-6,13H,1-3H3;3H2,1-2H3;1H/b7-4+;;. The molecule has 0 unspecified atom stereocenters. The third-order valence-electron chi connectivity index (χ3n) is 2.25. The first-order chi connectivity index (χ1) is 8.01. The van der Waals surface area contributed by atoms with Crippen molar-refractivity contribution in [2.75, 3.05) is 0 Å². The average Bonchev–Trinajstić information content (AvgIpc) is 2.29. The predicted molar refractivity (Wildman–Crippen MR) is 72.4 cm³/mol. The number of aryl methyl sites for hydroxylation is 1. The lowest BCUT2D eigenvalue weighted by Crippen LogP contribution is -1.88. The van der Waals surface area contributed by atoms with Gasteiger partial charge in [0, 0.05) is 4.53 Å². The summed E-state index contributed by atoms with van der Waals surface area (Å²) in [5.41, 5.74) is 2.78. The molecule has 1 rings (SSSR count). The molecule has 0 saturated carbocycles. The van der Waals surface area contributed by atoms with Crippen LogP contribution in [0.5, 0.6) is 11.5 Å². The second-order valence-corrected chi connectivity index (χ2v) is 3.89. The van der Waals surface area contributed by atoms with Crippen LogP contribution in [0.25, 0.3) is 5.57 Å². The van der Waals surface area contributed by atoms with E-state index in [9.17, 15) is 9.63 Å². The molecule has 0 radical (unpaired) electrons. The van der Waals surface area contributed by atoms with Crippen LogP contribution < -0.4 is 4.94 Å². The minimum absolute atomic E-state index is 0. The highest BCUT2D eigenvalue weighted by Gasteiger charge is 2.09. The van der Waals surface area contributed by atoms with E-state index in [1.165, 1.54) is 18.6 Å². The Morgan fingerprint density at radius 1 is 1.39 bits per heavy atom. The first-order valence-electron chi connectivity index (χ1n) is 5.77. The van der Waals surface area contributed by atoms with E-state index in [2.05, 4.69) is 18.8 Å². The minimum atomic E-state index is -0.183. The van der Waals surface area contributed by atoms with Crippen LogP contribution in [0.3, 0.4) is 0 Å². The minimum Gasteiger partial charge on any atom is -0.504 e. The van der Waals surface area contributed by atoms with Crippen LogP contribution in [0.15, 0.2) is 18.2 Å². The third-order valence-corrected chi connectivity index (χ3v) is 2.25. The van der Waals surface area contributed by atoms with E-state index in [1.807, 2.05) is 26.8 Å². The molecule has 104 valence electrons. The van der Waals surface area contributed by atoms with Crippen molar-refractivity contribution in [3.05, 3.63) is 29.3 Å². The summed E-state index contributed by atoms with van der Waals surface area (Å²) >= 11 is 0. The van der Waals surface area contributed by atoms with Crippen molar-refractivity contribution in [2.24, 2.45) is 0 Å². The van der Waals surface area contributed by atoms with Crippen molar-refractivity contribution in [3.8, 4) is 11.5 Å². The molecule has 0 aliphatic rings. The molecular weight excluding hydrogens is 238 g/mol. The summed E-state index contributed by atoms with van der Waals surface area (Å²) in [5, 5.41) is 9.29. The van der Waals surface area contributed by atoms with Gasteiger partial charge in [-0.2, -0.15) is 0 Å². The fourth-order valence-corrected chi connectivity index (χ4v) is 1.31. The summed E-state index contributed by atoms with van der Waals surface area (Å²) < 4.78 is 12.0. The molecule has 1 N–H and O–H groups in total. The van der Waals surface area contributed by atoms with Gasteiger partial charge in [0.15, 0.2) is 5.75 Å². The number of halogens is 2. The maximum atomic E-state index is 12.0. The van der Waals surface area contributed by atoms with E-state index in [1.54, 1.807) is 0 Å². The fraction of sp³-hybridized carbons (Fsp3) is 0.429. The van der Waals surface area contributed by atoms with Gasteiger partial charge >= 0.3 is 0 Å². The number of benzene rings is 1. The monoisotopic (exact) mass is 260 g/mol. The van der Waals surface area contributed by atoms with Gasteiger partial charge in [0.2, 0.25) is 5.75 Å². The molecule has 0 atom stereocenters. The lowest BCUT2D eigenvalue weighted by Gasteiger charge is -2.08. The molecule has 0 heterocycles. The van der Waals surface area contributed by atoms with E-state index < -0.39 is 0 Å². The number of phenols is 1. The lowest BCUT2D eigenvalue weighted by molar-refractivity contribution is -0.00897. The zero-order chi connectivity index (χ0) is 13.4. The number of allylic oxidation sites excluding steroid dienone is 2. The summed E-state index contributed by atoms with van der Waals surface area (Å²) in [4.78, 5) is 3.56. The highest BCUT2D eigenvalue weighted by molar-refractivity contribution is 5.69. The van der Waals surface area contributed by atoms with Crippen LogP contribution in [-0.4, -0.2) is 5.11 Å². The molecular formula is C14H22F2O2. The van der Waals surface area contributed by atoms with Gasteiger partial charge in [-0.15, -0.1) is 0 Å². The second kappa shape index (κ2) is 9.45. The smallest absolute Gasteiger partial charge is 0.214 e. The SMILES string of the molecule is C/C=C(\C)c1cc(OF)c(O)cc1C.CCC.F. The van der Waals surface area contributed by atoms with E-state index in [4.69, 9.17) is 0 Å². The highest BCUT2D eigenvalue weighted by Crippen LogP contribution is 2.32. The van der Waals surface area contributed by atoms with Gasteiger partial charge in [-0.05, 0) is 49.6 Å². The number of hydrogen-bond donors (Lipinski definition) is 1. The summed E-state index contributed by atoms with van der Waals surface area (Å²) in [7, 11) is 0. The highest BCUT2D eigenvalue weighted by atomic mass is 19.3. The molecule has 0 saturated heterocycles.